The summed E-state index contributed by atoms with van der Waals surface area (Å²) in [5.74, 6) is 0.978. The van der Waals surface area contributed by atoms with Crippen LogP contribution in [-0.4, -0.2) is 59.8 Å². The van der Waals surface area contributed by atoms with E-state index in [1.54, 1.807) is 0 Å². The third kappa shape index (κ3) is 3.70. The lowest BCUT2D eigenvalue weighted by atomic mass is 9.95. The third-order valence-corrected chi connectivity index (χ3v) is 5.69. The van der Waals surface area contributed by atoms with Gasteiger partial charge in [-0.1, -0.05) is 23.7 Å². The van der Waals surface area contributed by atoms with Crippen molar-refractivity contribution < 1.29 is 0 Å². The van der Waals surface area contributed by atoms with Gasteiger partial charge in [0.1, 0.15) is 0 Å². The van der Waals surface area contributed by atoms with E-state index in [9.17, 15) is 0 Å². The van der Waals surface area contributed by atoms with Crippen LogP contribution in [0.25, 0.3) is 11.3 Å². The fourth-order valence-corrected chi connectivity index (χ4v) is 4.16. The number of fused-ring (bicyclic) bond motifs is 1. The first-order chi connectivity index (χ1) is 12.6. The third-order valence-electron chi connectivity index (χ3n) is 5.44. The lowest BCUT2D eigenvalue weighted by Crippen LogP contribution is -2.40. The predicted octanol–water partition coefficient (Wildman–Crippen LogP) is 3.29. The fraction of sp³-hybridized carbons (Fsp3) is 0.500. The molecule has 3 heterocycles. The standard InChI is InChI=1S/C20H26ClN5/c1-25-10-3-4-16(12-25)22-20-17-9-11-26(2)13-18(17)19(23-24-20)14-5-7-15(21)8-6-14/h5-8,16H,3-4,9-13H2,1-2H3,(H,22,24). The van der Waals surface area contributed by atoms with Gasteiger partial charge in [0.15, 0.2) is 5.82 Å². The summed E-state index contributed by atoms with van der Waals surface area (Å²) >= 11 is 6.05. The fourth-order valence-electron chi connectivity index (χ4n) is 4.03. The Bertz CT molecular complexity index is 777. The van der Waals surface area contributed by atoms with E-state index in [1.165, 1.54) is 30.5 Å². The van der Waals surface area contributed by atoms with Crippen LogP contribution >= 0.6 is 11.6 Å². The lowest BCUT2D eigenvalue weighted by molar-refractivity contribution is 0.260. The monoisotopic (exact) mass is 371 g/mol. The lowest BCUT2D eigenvalue weighted by Gasteiger charge is -2.33. The van der Waals surface area contributed by atoms with Crippen molar-refractivity contribution >= 4 is 17.4 Å². The van der Waals surface area contributed by atoms with Gasteiger partial charge in [-0.05, 0) is 52.0 Å². The van der Waals surface area contributed by atoms with Gasteiger partial charge >= 0.3 is 0 Å². The smallest absolute Gasteiger partial charge is 0.152 e. The van der Waals surface area contributed by atoms with Crippen LogP contribution in [0, 0.1) is 0 Å². The van der Waals surface area contributed by atoms with Gasteiger partial charge in [-0.25, -0.2) is 0 Å². The summed E-state index contributed by atoms with van der Waals surface area (Å²) in [6, 6.07) is 8.35. The number of likely N-dealkylation sites (N-methyl/N-ethyl adjacent to an activating group) is 2. The molecule has 0 aliphatic carbocycles. The maximum absolute atomic E-state index is 6.05. The molecule has 0 radical (unpaired) electrons. The van der Waals surface area contributed by atoms with Crippen molar-refractivity contribution in [2.75, 3.05) is 39.0 Å². The molecule has 1 aromatic carbocycles. The van der Waals surface area contributed by atoms with Crippen LogP contribution in [0.3, 0.4) is 0 Å². The molecule has 138 valence electrons. The number of nitrogens with zero attached hydrogens (tertiary/aromatic N) is 4. The molecule has 4 rings (SSSR count). The van der Waals surface area contributed by atoms with Crippen molar-refractivity contribution in [3.05, 3.63) is 40.4 Å². The molecule has 2 aromatic rings. The van der Waals surface area contributed by atoms with Crippen molar-refractivity contribution in [2.24, 2.45) is 0 Å². The van der Waals surface area contributed by atoms with Crippen molar-refractivity contribution in [1.82, 2.24) is 20.0 Å². The number of anilines is 1. The Hall–Kier alpha value is -1.69. The van der Waals surface area contributed by atoms with Gasteiger partial charge in [0.05, 0.1) is 5.69 Å². The van der Waals surface area contributed by atoms with Gasteiger partial charge < -0.3 is 15.1 Å². The maximum Gasteiger partial charge on any atom is 0.152 e. The Balaban J connectivity index is 1.68. The summed E-state index contributed by atoms with van der Waals surface area (Å²) in [6.45, 7) is 4.21. The highest BCUT2D eigenvalue weighted by Gasteiger charge is 2.25. The van der Waals surface area contributed by atoms with Crippen molar-refractivity contribution in [2.45, 2.75) is 31.8 Å². The van der Waals surface area contributed by atoms with Gasteiger partial charge in [0, 0.05) is 47.4 Å². The molecular formula is C20H26ClN5. The van der Waals surface area contributed by atoms with E-state index < -0.39 is 0 Å². The molecule has 6 heteroatoms. The Morgan fingerprint density at radius 3 is 2.62 bits per heavy atom. The number of benzene rings is 1. The van der Waals surface area contributed by atoms with Gasteiger partial charge in [0.2, 0.25) is 0 Å². The number of nitrogens with one attached hydrogen (secondary N) is 1. The minimum Gasteiger partial charge on any atom is -0.364 e. The van der Waals surface area contributed by atoms with Crippen molar-refractivity contribution in [3.63, 3.8) is 0 Å². The van der Waals surface area contributed by atoms with E-state index in [1.807, 2.05) is 24.3 Å². The molecule has 0 bridgehead atoms. The molecule has 5 nitrogen and oxygen atoms in total. The average Bonchev–Trinajstić information content (AvgIpc) is 2.63. The number of aromatic nitrogens is 2. The highest BCUT2D eigenvalue weighted by molar-refractivity contribution is 6.30. The summed E-state index contributed by atoms with van der Waals surface area (Å²) in [4.78, 5) is 4.73. The normalized spacial score (nSPS) is 21.4. The molecule has 0 saturated carbocycles. The molecular weight excluding hydrogens is 346 g/mol. The minimum atomic E-state index is 0.452. The molecule has 1 unspecified atom stereocenters. The Kier molecular flexibility index (Phi) is 5.11. The number of hydrogen-bond acceptors (Lipinski definition) is 5. The van der Waals surface area contributed by atoms with E-state index in [-0.39, 0.29) is 0 Å². The van der Waals surface area contributed by atoms with E-state index in [4.69, 9.17) is 11.6 Å². The van der Waals surface area contributed by atoms with Crippen LogP contribution in [0.4, 0.5) is 5.82 Å². The first-order valence-corrected chi connectivity index (χ1v) is 9.76. The molecule has 26 heavy (non-hydrogen) atoms. The summed E-state index contributed by atoms with van der Waals surface area (Å²) in [5.41, 5.74) is 4.69. The van der Waals surface area contributed by atoms with Crippen LogP contribution in [0.5, 0.6) is 0 Å². The molecule has 1 fully saturated rings. The first-order valence-electron chi connectivity index (χ1n) is 9.38. The van der Waals surface area contributed by atoms with Crippen LogP contribution < -0.4 is 5.32 Å². The minimum absolute atomic E-state index is 0.452. The Morgan fingerprint density at radius 1 is 1.04 bits per heavy atom. The summed E-state index contributed by atoms with van der Waals surface area (Å²) < 4.78 is 0. The number of piperidine rings is 1. The summed E-state index contributed by atoms with van der Waals surface area (Å²) in [7, 11) is 4.35. The van der Waals surface area contributed by atoms with Crippen LogP contribution in [0.2, 0.25) is 5.02 Å². The Labute approximate surface area is 160 Å². The number of halogens is 1. The molecule has 1 N–H and O–H groups in total. The van der Waals surface area contributed by atoms with E-state index in [0.29, 0.717) is 6.04 Å². The highest BCUT2D eigenvalue weighted by atomic mass is 35.5. The zero-order chi connectivity index (χ0) is 18.1. The first kappa shape index (κ1) is 17.7. The molecule has 2 aliphatic rings. The van der Waals surface area contributed by atoms with Crippen LogP contribution in [-0.2, 0) is 13.0 Å². The van der Waals surface area contributed by atoms with E-state index in [0.717, 1.165) is 48.2 Å². The highest BCUT2D eigenvalue weighted by Crippen LogP contribution is 2.32. The zero-order valence-corrected chi connectivity index (χ0v) is 16.3. The molecule has 0 amide bonds. The zero-order valence-electron chi connectivity index (χ0n) is 15.5. The second-order valence-corrected chi connectivity index (χ2v) is 8.03. The largest absolute Gasteiger partial charge is 0.364 e. The number of rotatable bonds is 3. The molecule has 1 saturated heterocycles. The van der Waals surface area contributed by atoms with E-state index in [2.05, 4.69) is 39.4 Å². The molecule has 2 aliphatic heterocycles. The summed E-state index contributed by atoms with van der Waals surface area (Å²) in [5, 5.41) is 13.6. The van der Waals surface area contributed by atoms with Gasteiger partial charge in [0.25, 0.3) is 0 Å². The average molecular weight is 372 g/mol. The van der Waals surface area contributed by atoms with Gasteiger partial charge in [-0.2, -0.15) is 0 Å². The van der Waals surface area contributed by atoms with E-state index >= 15 is 0 Å². The predicted molar refractivity (Wildman–Crippen MR) is 107 cm³/mol. The van der Waals surface area contributed by atoms with Crippen LogP contribution in [0.15, 0.2) is 24.3 Å². The second kappa shape index (κ2) is 7.51. The van der Waals surface area contributed by atoms with Crippen LogP contribution in [0.1, 0.15) is 24.0 Å². The molecule has 0 spiro atoms. The quantitative estimate of drug-likeness (QED) is 0.896. The number of hydrogen-bond donors (Lipinski definition) is 1. The summed E-state index contributed by atoms with van der Waals surface area (Å²) in [6.07, 6.45) is 3.43. The number of likely N-dealkylation sites (tertiary alicyclic amines) is 1. The van der Waals surface area contributed by atoms with Crippen molar-refractivity contribution in [3.8, 4) is 11.3 Å². The van der Waals surface area contributed by atoms with Gasteiger partial charge in [-0.15, -0.1) is 10.2 Å². The Morgan fingerprint density at radius 2 is 1.85 bits per heavy atom. The molecule has 1 atom stereocenters. The second-order valence-electron chi connectivity index (χ2n) is 7.59. The maximum atomic E-state index is 6.05. The van der Waals surface area contributed by atoms with Gasteiger partial charge in [-0.3, -0.25) is 0 Å². The SMILES string of the molecule is CN1CCc2c(NC3CCCN(C)C3)nnc(-c3ccc(Cl)cc3)c2C1. The molecule has 1 aromatic heterocycles. The van der Waals surface area contributed by atoms with Crippen molar-refractivity contribution in [1.29, 1.82) is 0 Å². The topological polar surface area (TPSA) is 44.3 Å².